The van der Waals surface area contributed by atoms with Crippen molar-refractivity contribution in [2.75, 3.05) is 26.2 Å². The normalized spacial score (nSPS) is 16.1. The van der Waals surface area contributed by atoms with E-state index in [-0.39, 0.29) is 11.8 Å². The first kappa shape index (κ1) is 13.6. The molecule has 0 radical (unpaired) electrons. The Balaban J connectivity index is 2.06. The summed E-state index contributed by atoms with van der Waals surface area (Å²) < 4.78 is 0. The van der Waals surface area contributed by atoms with E-state index in [2.05, 4.69) is 0 Å². The van der Waals surface area contributed by atoms with Gasteiger partial charge in [0.1, 0.15) is 0 Å². The van der Waals surface area contributed by atoms with Crippen LogP contribution in [0.2, 0.25) is 0 Å². The van der Waals surface area contributed by atoms with Crippen LogP contribution in [0.3, 0.4) is 0 Å². The number of nitrogens with zero attached hydrogens (tertiary/aromatic N) is 2. The fraction of sp³-hybridized carbons (Fsp3) is 0.467. The summed E-state index contributed by atoms with van der Waals surface area (Å²) in [5, 5.41) is 0. The monoisotopic (exact) mass is 260 g/mol. The van der Waals surface area contributed by atoms with Gasteiger partial charge in [0.2, 0.25) is 5.91 Å². The molecule has 1 aliphatic heterocycles. The summed E-state index contributed by atoms with van der Waals surface area (Å²) in [5.74, 6) is 0.152. The fourth-order valence-electron chi connectivity index (χ4n) is 2.40. The molecule has 1 aliphatic rings. The van der Waals surface area contributed by atoms with E-state index in [0.29, 0.717) is 13.1 Å². The molecule has 0 aromatic heterocycles. The highest BCUT2D eigenvalue weighted by atomic mass is 16.2. The topological polar surface area (TPSA) is 40.6 Å². The Morgan fingerprint density at radius 2 is 1.74 bits per heavy atom. The third-order valence-electron chi connectivity index (χ3n) is 3.49. The molecule has 2 amide bonds. The van der Waals surface area contributed by atoms with Gasteiger partial charge < -0.3 is 9.80 Å². The van der Waals surface area contributed by atoms with Gasteiger partial charge in [-0.05, 0) is 25.5 Å². The van der Waals surface area contributed by atoms with Crippen molar-refractivity contribution in [3.05, 3.63) is 35.4 Å². The maximum Gasteiger partial charge on any atom is 0.253 e. The molecule has 102 valence electrons. The number of aryl methyl sites for hydroxylation is 1. The molecular weight excluding hydrogens is 240 g/mol. The molecule has 0 spiro atoms. The van der Waals surface area contributed by atoms with Crippen molar-refractivity contribution < 1.29 is 9.59 Å². The number of carbonyl (C=O) groups is 2. The smallest absolute Gasteiger partial charge is 0.253 e. The average molecular weight is 260 g/mol. The summed E-state index contributed by atoms with van der Waals surface area (Å²) in [7, 11) is 0. The maximum atomic E-state index is 12.4. The molecule has 0 N–H and O–H groups in total. The van der Waals surface area contributed by atoms with Crippen molar-refractivity contribution in [2.24, 2.45) is 0 Å². The van der Waals surface area contributed by atoms with Gasteiger partial charge >= 0.3 is 0 Å². The van der Waals surface area contributed by atoms with E-state index in [9.17, 15) is 9.59 Å². The molecule has 1 fully saturated rings. The number of benzene rings is 1. The largest absolute Gasteiger partial charge is 0.341 e. The lowest BCUT2D eigenvalue weighted by Gasteiger charge is -2.21. The fourth-order valence-corrected chi connectivity index (χ4v) is 2.40. The van der Waals surface area contributed by atoms with E-state index in [1.54, 1.807) is 6.92 Å². The quantitative estimate of drug-likeness (QED) is 0.771. The van der Waals surface area contributed by atoms with Crippen molar-refractivity contribution in [1.82, 2.24) is 9.80 Å². The molecule has 1 aromatic carbocycles. The molecule has 1 heterocycles. The van der Waals surface area contributed by atoms with Crippen molar-refractivity contribution in [2.45, 2.75) is 20.3 Å². The maximum absolute atomic E-state index is 12.4. The van der Waals surface area contributed by atoms with E-state index in [4.69, 9.17) is 0 Å². The Labute approximate surface area is 114 Å². The molecule has 4 heteroatoms. The molecule has 0 atom stereocenters. The van der Waals surface area contributed by atoms with Crippen LogP contribution in [-0.2, 0) is 4.79 Å². The van der Waals surface area contributed by atoms with E-state index in [1.807, 2.05) is 41.0 Å². The van der Waals surface area contributed by atoms with Gasteiger partial charge in [0, 0.05) is 38.7 Å². The lowest BCUT2D eigenvalue weighted by atomic mass is 10.1. The SMILES string of the molecule is CC(=O)N1CCCN(C(=O)c2cccc(C)c2)CC1. The lowest BCUT2D eigenvalue weighted by molar-refractivity contribution is -0.128. The molecule has 0 aliphatic carbocycles. The zero-order valence-electron chi connectivity index (χ0n) is 11.6. The Kier molecular flexibility index (Phi) is 4.20. The van der Waals surface area contributed by atoms with Crippen LogP contribution in [0.25, 0.3) is 0 Å². The minimum absolute atomic E-state index is 0.0640. The van der Waals surface area contributed by atoms with Gasteiger partial charge in [-0.3, -0.25) is 9.59 Å². The van der Waals surface area contributed by atoms with Gasteiger partial charge in [-0.15, -0.1) is 0 Å². The molecule has 0 bridgehead atoms. The van der Waals surface area contributed by atoms with Crippen LogP contribution in [0.15, 0.2) is 24.3 Å². The first-order valence-electron chi connectivity index (χ1n) is 6.69. The summed E-state index contributed by atoms with van der Waals surface area (Å²) in [6.45, 7) is 6.28. The van der Waals surface area contributed by atoms with Gasteiger partial charge in [0.25, 0.3) is 5.91 Å². The average Bonchev–Trinajstić information content (AvgIpc) is 2.63. The van der Waals surface area contributed by atoms with Crippen LogP contribution in [0, 0.1) is 6.92 Å². The molecule has 0 unspecified atom stereocenters. The number of amides is 2. The predicted octanol–water partition coefficient (Wildman–Crippen LogP) is 1.69. The van der Waals surface area contributed by atoms with Crippen LogP contribution >= 0.6 is 0 Å². The van der Waals surface area contributed by atoms with E-state index >= 15 is 0 Å². The van der Waals surface area contributed by atoms with Crippen LogP contribution in [0.4, 0.5) is 0 Å². The molecule has 2 rings (SSSR count). The van der Waals surface area contributed by atoms with E-state index < -0.39 is 0 Å². The van der Waals surface area contributed by atoms with Gasteiger partial charge in [-0.25, -0.2) is 0 Å². The number of hydrogen-bond acceptors (Lipinski definition) is 2. The molecule has 19 heavy (non-hydrogen) atoms. The van der Waals surface area contributed by atoms with Crippen LogP contribution in [-0.4, -0.2) is 47.8 Å². The van der Waals surface area contributed by atoms with Crippen molar-refractivity contribution >= 4 is 11.8 Å². The zero-order chi connectivity index (χ0) is 13.8. The Hall–Kier alpha value is -1.84. The van der Waals surface area contributed by atoms with Crippen LogP contribution < -0.4 is 0 Å². The van der Waals surface area contributed by atoms with Gasteiger partial charge in [-0.2, -0.15) is 0 Å². The minimum Gasteiger partial charge on any atom is -0.341 e. The highest BCUT2D eigenvalue weighted by molar-refractivity contribution is 5.94. The van der Waals surface area contributed by atoms with Crippen molar-refractivity contribution in [1.29, 1.82) is 0 Å². The summed E-state index contributed by atoms with van der Waals surface area (Å²) in [5.41, 5.74) is 1.82. The molecular formula is C15H20N2O2. The Morgan fingerprint density at radius 1 is 1.05 bits per heavy atom. The molecule has 4 nitrogen and oxygen atoms in total. The Bertz CT molecular complexity index is 485. The summed E-state index contributed by atoms with van der Waals surface area (Å²) >= 11 is 0. The number of rotatable bonds is 1. The minimum atomic E-state index is 0.0640. The van der Waals surface area contributed by atoms with E-state index in [0.717, 1.165) is 30.6 Å². The number of hydrogen-bond donors (Lipinski definition) is 0. The van der Waals surface area contributed by atoms with Crippen molar-refractivity contribution in [3.63, 3.8) is 0 Å². The van der Waals surface area contributed by atoms with E-state index in [1.165, 1.54) is 0 Å². The van der Waals surface area contributed by atoms with Crippen molar-refractivity contribution in [3.8, 4) is 0 Å². The summed E-state index contributed by atoms with van der Waals surface area (Å²) in [6.07, 6.45) is 0.844. The van der Waals surface area contributed by atoms with Crippen LogP contribution in [0.1, 0.15) is 29.3 Å². The zero-order valence-corrected chi connectivity index (χ0v) is 11.6. The lowest BCUT2D eigenvalue weighted by Crippen LogP contribution is -2.36. The number of carbonyl (C=O) groups excluding carboxylic acids is 2. The third kappa shape index (κ3) is 3.34. The molecule has 1 saturated heterocycles. The second-order valence-electron chi connectivity index (χ2n) is 5.02. The standard InChI is InChI=1S/C15H20N2O2/c1-12-5-3-6-14(11-12)15(19)17-8-4-7-16(9-10-17)13(2)18/h3,5-6,11H,4,7-10H2,1-2H3. The predicted molar refractivity (Wildman–Crippen MR) is 74.0 cm³/mol. The molecule has 1 aromatic rings. The Morgan fingerprint density at radius 3 is 2.42 bits per heavy atom. The van der Waals surface area contributed by atoms with Crippen LogP contribution in [0.5, 0.6) is 0 Å². The summed E-state index contributed by atoms with van der Waals surface area (Å²) in [4.78, 5) is 27.4. The second kappa shape index (κ2) is 5.87. The first-order chi connectivity index (χ1) is 9.08. The van der Waals surface area contributed by atoms with Gasteiger partial charge in [0.15, 0.2) is 0 Å². The molecule has 0 saturated carbocycles. The summed E-state index contributed by atoms with van der Waals surface area (Å²) in [6, 6.07) is 7.65. The second-order valence-corrected chi connectivity index (χ2v) is 5.02. The van der Waals surface area contributed by atoms with Gasteiger partial charge in [0.05, 0.1) is 0 Å². The van der Waals surface area contributed by atoms with Gasteiger partial charge in [-0.1, -0.05) is 17.7 Å². The first-order valence-corrected chi connectivity index (χ1v) is 6.69. The third-order valence-corrected chi connectivity index (χ3v) is 3.49. The highest BCUT2D eigenvalue weighted by Crippen LogP contribution is 2.11. The highest BCUT2D eigenvalue weighted by Gasteiger charge is 2.21.